The topological polar surface area (TPSA) is 55.1 Å². The highest BCUT2D eigenvalue weighted by Crippen LogP contribution is 2.14. The van der Waals surface area contributed by atoms with Crippen LogP contribution in [0.3, 0.4) is 0 Å². The molecule has 0 saturated heterocycles. The fourth-order valence-electron chi connectivity index (χ4n) is 1.43. The first-order chi connectivity index (χ1) is 8.52. The van der Waals surface area contributed by atoms with Gasteiger partial charge in [-0.25, -0.2) is 4.39 Å². The summed E-state index contributed by atoms with van der Waals surface area (Å²) in [5.41, 5.74) is 6.02. The molecule has 0 bridgehead atoms. The molecule has 1 aromatic rings. The van der Waals surface area contributed by atoms with Crippen LogP contribution >= 0.6 is 0 Å². The second kappa shape index (κ2) is 6.77. The van der Waals surface area contributed by atoms with E-state index in [0.29, 0.717) is 12.1 Å². The van der Waals surface area contributed by atoms with Crippen molar-refractivity contribution in [3.05, 3.63) is 29.6 Å². The minimum Gasteiger partial charge on any atom is -0.326 e. The number of halogens is 1. The summed E-state index contributed by atoms with van der Waals surface area (Å²) in [5.74, 6) is 4.98. The molecule has 96 valence electrons. The highest BCUT2D eigenvalue weighted by atomic mass is 19.1. The van der Waals surface area contributed by atoms with E-state index in [-0.39, 0.29) is 23.9 Å². The molecular weight excluding hydrogens is 231 g/mol. The van der Waals surface area contributed by atoms with E-state index in [4.69, 9.17) is 5.73 Å². The van der Waals surface area contributed by atoms with Gasteiger partial charge in [0, 0.05) is 12.1 Å². The van der Waals surface area contributed by atoms with Gasteiger partial charge in [0.25, 0.3) is 0 Å². The Bertz CT molecular complexity index is 486. The van der Waals surface area contributed by atoms with E-state index in [1.165, 1.54) is 18.2 Å². The second-order valence-corrected chi connectivity index (χ2v) is 4.35. The van der Waals surface area contributed by atoms with Crippen molar-refractivity contribution in [3.8, 4) is 11.8 Å². The summed E-state index contributed by atoms with van der Waals surface area (Å²) in [6.07, 6.45) is 0.432. The van der Waals surface area contributed by atoms with Crippen LogP contribution in [0.15, 0.2) is 18.2 Å². The Kier molecular flexibility index (Phi) is 5.34. The molecule has 0 aromatic heterocycles. The van der Waals surface area contributed by atoms with Crippen molar-refractivity contribution in [2.75, 3.05) is 11.9 Å². The molecule has 0 spiro atoms. The molecule has 3 nitrogen and oxygen atoms in total. The number of anilines is 1. The molecule has 0 fully saturated rings. The first-order valence-electron chi connectivity index (χ1n) is 5.81. The molecule has 0 aliphatic carbocycles. The summed E-state index contributed by atoms with van der Waals surface area (Å²) in [7, 11) is 0. The maximum atomic E-state index is 13.4. The summed E-state index contributed by atoms with van der Waals surface area (Å²) in [6, 6.07) is 4.31. The Morgan fingerprint density at radius 3 is 2.83 bits per heavy atom. The van der Waals surface area contributed by atoms with Crippen molar-refractivity contribution in [2.24, 2.45) is 11.7 Å². The molecule has 0 saturated carbocycles. The lowest BCUT2D eigenvalue weighted by Gasteiger charge is -2.07. The number of benzene rings is 1. The molecular formula is C14H17FN2O. The summed E-state index contributed by atoms with van der Waals surface area (Å²) >= 11 is 0. The van der Waals surface area contributed by atoms with Crippen LogP contribution in [0, 0.1) is 23.6 Å². The number of hydrogen-bond acceptors (Lipinski definition) is 2. The Hall–Kier alpha value is -1.86. The van der Waals surface area contributed by atoms with E-state index in [9.17, 15) is 9.18 Å². The van der Waals surface area contributed by atoms with Crippen molar-refractivity contribution in [3.63, 3.8) is 0 Å². The normalized spacial score (nSPS) is 9.83. The lowest BCUT2D eigenvalue weighted by atomic mass is 10.1. The number of carbonyl (C=O) groups is 1. The summed E-state index contributed by atoms with van der Waals surface area (Å²) in [5, 5.41) is 2.71. The minimum atomic E-state index is -0.419. The van der Waals surface area contributed by atoms with Crippen LogP contribution in [0.25, 0.3) is 0 Å². The molecule has 0 atom stereocenters. The highest BCUT2D eigenvalue weighted by Gasteiger charge is 2.07. The third kappa shape index (κ3) is 4.56. The zero-order chi connectivity index (χ0) is 13.5. The maximum Gasteiger partial charge on any atom is 0.224 e. The third-order valence-corrected chi connectivity index (χ3v) is 2.17. The molecule has 0 unspecified atom stereocenters. The van der Waals surface area contributed by atoms with Gasteiger partial charge in [0.2, 0.25) is 5.91 Å². The largest absolute Gasteiger partial charge is 0.326 e. The van der Waals surface area contributed by atoms with Crippen LogP contribution in [0.5, 0.6) is 0 Å². The Labute approximate surface area is 107 Å². The molecule has 1 amide bonds. The van der Waals surface area contributed by atoms with Gasteiger partial charge in [0.05, 0.1) is 12.1 Å². The van der Waals surface area contributed by atoms with Crippen molar-refractivity contribution in [1.29, 1.82) is 0 Å². The average Bonchev–Trinajstić information content (AvgIpc) is 2.28. The lowest BCUT2D eigenvalue weighted by molar-refractivity contribution is -0.116. The fourth-order valence-corrected chi connectivity index (χ4v) is 1.43. The number of carbonyl (C=O) groups excluding carboxylic acids is 1. The van der Waals surface area contributed by atoms with Gasteiger partial charge in [0.1, 0.15) is 5.82 Å². The van der Waals surface area contributed by atoms with Crippen LogP contribution in [-0.2, 0) is 4.79 Å². The van der Waals surface area contributed by atoms with Crippen molar-refractivity contribution >= 4 is 11.6 Å². The van der Waals surface area contributed by atoms with E-state index in [1.807, 2.05) is 13.8 Å². The van der Waals surface area contributed by atoms with E-state index in [0.717, 1.165) is 0 Å². The molecule has 3 N–H and O–H groups in total. The van der Waals surface area contributed by atoms with Crippen LogP contribution in [0.2, 0.25) is 0 Å². The first-order valence-corrected chi connectivity index (χ1v) is 5.81. The molecule has 18 heavy (non-hydrogen) atoms. The van der Waals surface area contributed by atoms with Crippen molar-refractivity contribution < 1.29 is 9.18 Å². The van der Waals surface area contributed by atoms with E-state index in [2.05, 4.69) is 17.2 Å². The number of hydrogen-bond donors (Lipinski definition) is 2. The van der Waals surface area contributed by atoms with Gasteiger partial charge in [-0.15, -0.1) is 0 Å². The van der Waals surface area contributed by atoms with E-state index in [1.54, 1.807) is 0 Å². The van der Waals surface area contributed by atoms with Gasteiger partial charge in [-0.05, 0) is 24.1 Å². The van der Waals surface area contributed by atoms with Crippen molar-refractivity contribution in [1.82, 2.24) is 0 Å². The van der Waals surface area contributed by atoms with Crippen LogP contribution in [0.4, 0.5) is 10.1 Å². The minimum absolute atomic E-state index is 0.0886. The Morgan fingerprint density at radius 1 is 1.50 bits per heavy atom. The average molecular weight is 248 g/mol. The van der Waals surface area contributed by atoms with Crippen molar-refractivity contribution in [2.45, 2.75) is 20.3 Å². The van der Waals surface area contributed by atoms with Crippen LogP contribution < -0.4 is 11.1 Å². The zero-order valence-corrected chi connectivity index (χ0v) is 10.6. The van der Waals surface area contributed by atoms with Gasteiger partial charge < -0.3 is 11.1 Å². The highest BCUT2D eigenvalue weighted by molar-refractivity contribution is 5.91. The first kappa shape index (κ1) is 14.2. The number of nitrogens with two attached hydrogens (primary N) is 1. The van der Waals surface area contributed by atoms with Crippen LogP contribution in [-0.4, -0.2) is 12.5 Å². The standard InChI is InChI=1S/C14H17FN2O/c1-10(2)8-14(18)17-12-5-6-13(15)11(9-12)4-3-7-16/h5-6,9-10H,7-8,16H2,1-2H3,(H,17,18). The molecule has 0 radical (unpaired) electrons. The van der Waals surface area contributed by atoms with Crippen LogP contribution in [0.1, 0.15) is 25.8 Å². The van der Waals surface area contributed by atoms with Gasteiger partial charge in [-0.2, -0.15) is 0 Å². The summed E-state index contributed by atoms with van der Waals surface area (Å²) in [6.45, 7) is 4.09. The van der Waals surface area contributed by atoms with E-state index < -0.39 is 5.82 Å². The Morgan fingerprint density at radius 2 is 2.22 bits per heavy atom. The summed E-state index contributed by atoms with van der Waals surface area (Å²) in [4.78, 5) is 11.6. The number of amides is 1. The molecule has 0 aliphatic heterocycles. The maximum absolute atomic E-state index is 13.4. The van der Waals surface area contributed by atoms with Gasteiger partial charge in [-0.3, -0.25) is 4.79 Å². The molecule has 1 aromatic carbocycles. The van der Waals surface area contributed by atoms with E-state index >= 15 is 0 Å². The zero-order valence-electron chi connectivity index (χ0n) is 10.6. The molecule has 0 aliphatic rings. The van der Waals surface area contributed by atoms with Gasteiger partial charge in [-0.1, -0.05) is 25.7 Å². The lowest BCUT2D eigenvalue weighted by Crippen LogP contribution is -2.14. The molecule has 1 rings (SSSR count). The SMILES string of the molecule is CC(C)CC(=O)Nc1ccc(F)c(C#CCN)c1. The smallest absolute Gasteiger partial charge is 0.224 e. The molecule has 0 heterocycles. The predicted molar refractivity (Wildman–Crippen MR) is 70.4 cm³/mol. The predicted octanol–water partition coefficient (Wildman–Crippen LogP) is 2.12. The van der Waals surface area contributed by atoms with Gasteiger partial charge >= 0.3 is 0 Å². The second-order valence-electron chi connectivity index (χ2n) is 4.35. The Balaban J connectivity index is 2.82. The summed E-state index contributed by atoms with van der Waals surface area (Å²) < 4.78 is 13.4. The monoisotopic (exact) mass is 248 g/mol. The quantitative estimate of drug-likeness (QED) is 0.805. The fraction of sp³-hybridized carbons (Fsp3) is 0.357. The number of rotatable bonds is 3. The molecule has 4 heteroatoms. The third-order valence-electron chi connectivity index (χ3n) is 2.17. The van der Waals surface area contributed by atoms with Gasteiger partial charge in [0.15, 0.2) is 0 Å². The number of nitrogens with one attached hydrogen (secondary N) is 1.